The molecule has 1 N–H and O–H groups in total. The number of piperazine rings is 1. The van der Waals surface area contributed by atoms with E-state index in [1.807, 2.05) is 29.2 Å². The summed E-state index contributed by atoms with van der Waals surface area (Å²) in [6.07, 6.45) is 4.36. The molecule has 1 aromatic heterocycles. The molecular weight excluding hydrogens is 432 g/mol. The average molecular weight is 469 g/mol. The highest BCUT2D eigenvalue weighted by molar-refractivity contribution is 5.76. The number of benzene rings is 1. The number of amides is 1. The van der Waals surface area contributed by atoms with E-state index in [4.69, 9.17) is 4.74 Å². The van der Waals surface area contributed by atoms with Gasteiger partial charge in [-0.15, -0.1) is 10.2 Å². The Hall–Kier alpha value is -2.78. The number of likely N-dealkylation sites (N-methyl/N-ethyl adjacent to an activating group) is 1. The van der Waals surface area contributed by atoms with Gasteiger partial charge in [-0.05, 0) is 57.1 Å². The van der Waals surface area contributed by atoms with E-state index in [-0.39, 0.29) is 24.3 Å². The number of hydrogen-bond donors (Lipinski definition) is 1. The molecule has 9 heteroatoms. The van der Waals surface area contributed by atoms with Gasteiger partial charge in [-0.25, -0.2) is 0 Å². The predicted octanol–water partition coefficient (Wildman–Crippen LogP) is 1.65. The van der Waals surface area contributed by atoms with Crippen molar-refractivity contribution in [3.8, 4) is 17.1 Å². The van der Waals surface area contributed by atoms with Crippen LogP contribution in [0.3, 0.4) is 0 Å². The maximum Gasteiger partial charge on any atom is 0.273 e. The smallest absolute Gasteiger partial charge is 0.273 e. The Balaban J connectivity index is 1.25. The average Bonchev–Trinajstić information content (AvgIpc) is 2.81. The van der Waals surface area contributed by atoms with E-state index in [0.717, 1.165) is 57.2 Å². The van der Waals surface area contributed by atoms with Gasteiger partial charge < -0.3 is 19.5 Å². The lowest BCUT2D eigenvalue weighted by Gasteiger charge is -2.35. The second-order valence-electron chi connectivity index (χ2n) is 9.61. The van der Waals surface area contributed by atoms with Gasteiger partial charge in [0.05, 0.1) is 6.61 Å². The first-order valence-corrected chi connectivity index (χ1v) is 12.3. The van der Waals surface area contributed by atoms with E-state index in [1.54, 1.807) is 0 Å². The van der Waals surface area contributed by atoms with Crippen molar-refractivity contribution in [1.29, 1.82) is 0 Å². The molecule has 1 aliphatic carbocycles. The topological polar surface area (TPSA) is 94.7 Å². The van der Waals surface area contributed by atoms with Crippen LogP contribution in [-0.4, -0.2) is 95.8 Å². The zero-order valence-corrected chi connectivity index (χ0v) is 20.3. The van der Waals surface area contributed by atoms with Crippen LogP contribution in [0, 0.1) is 5.92 Å². The van der Waals surface area contributed by atoms with Gasteiger partial charge >= 0.3 is 0 Å². The van der Waals surface area contributed by atoms with Gasteiger partial charge in [-0.2, -0.15) is 0 Å². The summed E-state index contributed by atoms with van der Waals surface area (Å²) in [6, 6.07) is 7.52. The molecule has 9 nitrogen and oxygen atoms in total. The monoisotopic (exact) mass is 468 g/mol. The second kappa shape index (κ2) is 11.6. The number of nitrogens with zero attached hydrogens (tertiary/aromatic N) is 5. The fourth-order valence-electron chi connectivity index (χ4n) is 4.18. The molecule has 2 aliphatic rings. The van der Waals surface area contributed by atoms with Crippen LogP contribution in [0.15, 0.2) is 29.1 Å². The van der Waals surface area contributed by atoms with Crippen molar-refractivity contribution in [2.24, 2.45) is 5.92 Å². The highest BCUT2D eigenvalue weighted by atomic mass is 16.5. The molecule has 0 unspecified atom stereocenters. The number of ether oxygens (including phenoxy) is 1. The Morgan fingerprint density at radius 2 is 1.85 bits per heavy atom. The van der Waals surface area contributed by atoms with Crippen LogP contribution in [0.5, 0.6) is 5.75 Å². The summed E-state index contributed by atoms with van der Waals surface area (Å²) < 4.78 is 5.83. The molecular formula is C25H36N6O3. The summed E-state index contributed by atoms with van der Waals surface area (Å²) in [4.78, 5) is 34.4. The van der Waals surface area contributed by atoms with Crippen LogP contribution < -0.4 is 10.3 Å². The van der Waals surface area contributed by atoms with Gasteiger partial charge in [0.1, 0.15) is 11.4 Å². The Labute approximate surface area is 201 Å². The van der Waals surface area contributed by atoms with Crippen LogP contribution in [-0.2, 0) is 11.2 Å². The number of H-pyrrole nitrogens is 1. The van der Waals surface area contributed by atoms with Crippen LogP contribution in [0.25, 0.3) is 11.4 Å². The van der Waals surface area contributed by atoms with E-state index in [9.17, 15) is 9.59 Å². The van der Waals surface area contributed by atoms with Crippen molar-refractivity contribution in [2.75, 3.05) is 60.0 Å². The number of carbonyl (C=O) groups excluding carboxylic acids is 1. The van der Waals surface area contributed by atoms with Crippen LogP contribution in [0.1, 0.15) is 31.4 Å². The van der Waals surface area contributed by atoms with Gasteiger partial charge in [-0.1, -0.05) is 6.42 Å². The molecule has 1 aliphatic heterocycles. The summed E-state index contributed by atoms with van der Waals surface area (Å²) >= 11 is 0. The lowest BCUT2D eigenvalue weighted by Crippen LogP contribution is -2.50. The number of aromatic amines is 1. The first-order valence-electron chi connectivity index (χ1n) is 12.3. The fraction of sp³-hybridized carbons (Fsp3) is 0.600. The second-order valence-corrected chi connectivity index (χ2v) is 9.61. The number of hydrogen-bond acceptors (Lipinski definition) is 7. The Bertz CT molecular complexity index is 994. The summed E-state index contributed by atoms with van der Waals surface area (Å²) in [6.45, 7) is 6.03. The van der Waals surface area contributed by atoms with E-state index in [0.29, 0.717) is 17.4 Å². The van der Waals surface area contributed by atoms with Gasteiger partial charge in [0, 0.05) is 57.7 Å². The molecule has 1 amide bonds. The van der Waals surface area contributed by atoms with Gasteiger partial charge in [-0.3, -0.25) is 14.5 Å². The molecule has 0 atom stereocenters. The van der Waals surface area contributed by atoms with Crippen LogP contribution >= 0.6 is 0 Å². The predicted molar refractivity (Wildman–Crippen MR) is 131 cm³/mol. The Morgan fingerprint density at radius 3 is 2.47 bits per heavy atom. The normalized spacial score (nSPS) is 17.1. The molecule has 2 heterocycles. The molecule has 0 spiro atoms. The first kappa shape index (κ1) is 24.3. The molecule has 184 valence electrons. The largest absolute Gasteiger partial charge is 0.493 e. The summed E-state index contributed by atoms with van der Waals surface area (Å²) in [7, 11) is 4.14. The Kier molecular flexibility index (Phi) is 8.29. The molecule has 1 aromatic carbocycles. The third-order valence-corrected chi connectivity index (χ3v) is 6.77. The standard InChI is InChI=1S/C25H36N6O3/c1-29(2)12-13-30-14-16-31(17-15-30)23(32)11-10-22-25(33)26-24(28-27-22)20-6-8-21(9-7-20)34-18-19-4-3-5-19/h6-9,19H,3-5,10-18H2,1-2H3,(H,26,28,33). The minimum absolute atomic E-state index is 0.0648. The molecule has 2 fully saturated rings. The Morgan fingerprint density at radius 1 is 1.12 bits per heavy atom. The van der Waals surface area contributed by atoms with Crippen molar-refractivity contribution in [3.63, 3.8) is 0 Å². The van der Waals surface area contributed by atoms with Crippen LogP contribution in [0.2, 0.25) is 0 Å². The van der Waals surface area contributed by atoms with Crippen molar-refractivity contribution in [2.45, 2.75) is 32.1 Å². The van der Waals surface area contributed by atoms with E-state index < -0.39 is 0 Å². The quantitative estimate of drug-likeness (QED) is 0.567. The minimum Gasteiger partial charge on any atom is -0.493 e. The SMILES string of the molecule is CN(C)CCN1CCN(C(=O)CCc2nnc(-c3ccc(OCC4CCC4)cc3)[nH]c2=O)CC1. The van der Waals surface area contributed by atoms with Crippen molar-refractivity contribution in [3.05, 3.63) is 40.3 Å². The zero-order chi connectivity index (χ0) is 23.9. The van der Waals surface area contributed by atoms with Crippen molar-refractivity contribution < 1.29 is 9.53 Å². The third-order valence-electron chi connectivity index (χ3n) is 6.77. The van der Waals surface area contributed by atoms with Gasteiger partial charge in [0.15, 0.2) is 5.82 Å². The summed E-state index contributed by atoms with van der Waals surface area (Å²) in [5.41, 5.74) is 0.772. The number of nitrogens with one attached hydrogen (secondary N) is 1. The highest BCUT2D eigenvalue weighted by Gasteiger charge is 2.21. The first-order chi connectivity index (χ1) is 16.5. The lowest BCUT2D eigenvalue weighted by molar-refractivity contribution is -0.132. The number of carbonyl (C=O) groups is 1. The molecule has 0 radical (unpaired) electrons. The van der Waals surface area contributed by atoms with Crippen LogP contribution in [0.4, 0.5) is 0 Å². The summed E-state index contributed by atoms with van der Waals surface area (Å²) in [5, 5.41) is 8.31. The summed E-state index contributed by atoms with van der Waals surface area (Å²) in [5.74, 6) is 1.98. The van der Waals surface area contributed by atoms with Gasteiger partial charge in [0.2, 0.25) is 5.91 Å². The van der Waals surface area contributed by atoms with Crippen molar-refractivity contribution in [1.82, 2.24) is 29.9 Å². The zero-order valence-electron chi connectivity index (χ0n) is 20.3. The van der Waals surface area contributed by atoms with E-state index in [1.165, 1.54) is 19.3 Å². The molecule has 1 saturated heterocycles. The molecule has 4 rings (SSSR count). The number of aryl methyl sites for hydroxylation is 1. The highest BCUT2D eigenvalue weighted by Crippen LogP contribution is 2.27. The number of aromatic nitrogens is 3. The molecule has 34 heavy (non-hydrogen) atoms. The molecule has 0 bridgehead atoms. The van der Waals surface area contributed by atoms with Gasteiger partial charge in [0.25, 0.3) is 5.56 Å². The van der Waals surface area contributed by atoms with E-state index >= 15 is 0 Å². The maximum absolute atomic E-state index is 12.6. The lowest BCUT2D eigenvalue weighted by atomic mass is 9.86. The molecule has 2 aromatic rings. The maximum atomic E-state index is 12.6. The molecule has 1 saturated carbocycles. The fourth-order valence-corrected chi connectivity index (χ4v) is 4.18. The minimum atomic E-state index is -0.295. The number of rotatable bonds is 10. The van der Waals surface area contributed by atoms with Crippen molar-refractivity contribution >= 4 is 5.91 Å². The van der Waals surface area contributed by atoms with E-state index in [2.05, 4.69) is 39.1 Å². The third kappa shape index (κ3) is 6.64.